The summed E-state index contributed by atoms with van der Waals surface area (Å²) in [7, 11) is 0. The van der Waals surface area contributed by atoms with Crippen LogP contribution in [-0.4, -0.2) is 34.5 Å². The van der Waals surface area contributed by atoms with E-state index < -0.39 is 5.97 Å². The number of rotatable bonds is 6. The Hall–Kier alpha value is -1.84. The van der Waals surface area contributed by atoms with Gasteiger partial charge < -0.3 is 10.0 Å². The highest BCUT2D eigenvalue weighted by atomic mass is 16.4. The van der Waals surface area contributed by atoms with Gasteiger partial charge in [0.05, 0.1) is 6.42 Å². The molecule has 1 N–H and O–H groups in total. The SMILES string of the molecule is CCc1ccc(C(=O)N(CCC(=O)O)C2CC2)cc1. The first kappa shape index (κ1) is 13.6. The molecule has 0 saturated heterocycles. The zero-order chi connectivity index (χ0) is 13.8. The number of carbonyl (C=O) groups is 2. The molecule has 4 nitrogen and oxygen atoms in total. The molecule has 1 saturated carbocycles. The van der Waals surface area contributed by atoms with E-state index in [2.05, 4.69) is 6.92 Å². The van der Waals surface area contributed by atoms with Crippen molar-refractivity contribution in [3.05, 3.63) is 35.4 Å². The maximum absolute atomic E-state index is 12.4. The van der Waals surface area contributed by atoms with Crippen molar-refractivity contribution in [3.63, 3.8) is 0 Å². The minimum absolute atomic E-state index is 0.00921. The predicted molar refractivity (Wildman–Crippen MR) is 72.1 cm³/mol. The predicted octanol–water partition coefficient (Wildman–Crippen LogP) is 2.33. The molecule has 1 aliphatic rings. The molecule has 0 heterocycles. The molecule has 2 rings (SSSR count). The third kappa shape index (κ3) is 3.56. The van der Waals surface area contributed by atoms with Gasteiger partial charge in [0.25, 0.3) is 5.91 Å². The van der Waals surface area contributed by atoms with Crippen LogP contribution in [-0.2, 0) is 11.2 Å². The van der Waals surface area contributed by atoms with E-state index in [0.717, 1.165) is 19.3 Å². The van der Waals surface area contributed by atoms with E-state index in [1.165, 1.54) is 5.56 Å². The van der Waals surface area contributed by atoms with Gasteiger partial charge in [-0.3, -0.25) is 9.59 Å². The number of carboxylic acid groups (broad SMARTS) is 1. The first-order valence-electron chi connectivity index (χ1n) is 6.73. The molecule has 1 aromatic carbocycles. The largest absolute Gasteiger partial charge is 0.481 e. The molecule has 0 radical (unpaired) electrons. The first-order valence-corrected chi connectivity index (χ1v) is 6.73. The monoisotopic (exact) mass is 261 g/mol. The number of nitrogens with zero attached hydrogens (tertiary/aromatic N) is 1. The second kappa shape index (κ2) is 5.87. The first-order chi connectivity index (χ1) is 9.11. The lowest BCUT2D eigenvalue weighted by Gasteiger charge is -2.21. The molecule has 0 spiro atoms. The minimum Gasteiger partial charge on any atom is -0.481 e. The lowest BCUT2D eigenvalue weighted by atomic mass is 10.1. The quantitative estimate of drug-likeness (QED) is 0.855. The fourth-order valence-electron chi connectivity index (χ4n) is 2.10. The average Bonchev–Trinajstić information content (AvgIpc) is 3.23. The van der Waals surface area contributed by atoms with Crippen LogP contribution in [0.2, 0.25) is 0 Å². The van der Waals surface area contributed by atoms with Crippen LogP contribution in [0, 0.1) is 0 Å². The third-order valence-electron chi connectivity index (χ3n) is 3.42. The summed E-state index contributed by atoms with van der Waals surface area (Å²) >= 11 is 0. The molecule has 19 heavy (non-hydrogen) atoms. The van der Waals surface area contributed by atoms with Crippen molar-refractivity contribution < 1.29 is 14.7 Å². The summed E-state index contributed by atoms with van der Waals surface area (Å²) in [6.45, 7) is 2.37. The summed E-state index contributed by atoms with van der Waals surface area (Å²) < 4.78 is 0. The van der Waals surface area contributed by atoms with Crippen molar-refractivity contribution in [2.75, 3.05) is 6.54 Å². The lowest BCUT2D eigenvalue weighted by Crippen LogP contribution is -2.35. The number of aliphatic carboxylic acids is 1. The van der Waals surface area contributed by atoms with Crippen LogP contribution in [0.25, 0.3) is 0 Å². The van der Waals surface area contributed by atoms with Gasteiger partial charge >= 0.3 is 5.97 Å². The van der Waals surface area contributed by atoms with Gasteiger partial charge in [-0.25, -0.2) is 0 Å². The normalized spacial score (nSPS) is 14.2. The zero-order valence-electron chi connectivity index (χ0n) is 11.1. The van der Waals surface area contributed by atoms with Crippen molar-refractivity contribution in [1.29, 1.82) is 0 Å². The Morgan fingerprint density at radius 3 is 2.37 bits per heavy atom. The van der Waals surface area contributed by atoms with Gasteiger partial charge in [-0.15, -0.1) is 0 Å². The molecule has 0 unspecified atom stereocenters. The van der Waals surface area contributed by atoms with Crippen molar-refractivity contribution >= 4 is 11.9 Å². The molecule has 1 aromatic rings. The molecule has 1 fully saturated rings. The smallest absolute Gasteiger partial charge is 0.305 e. The Bertz CT molecular complexity index is 463. The summed E-state index contributed by atoms with van der Waals surface area (Å²) in [5.41, 5.74) is 1.84. The summed E-state index contributed by atoms with van der Waals surface area (Å²) in [5.74, 6) is -0.911. The highest BCUT2D eigenvalue weighted by Gasteiger charge is 2.33. The van der Waals surface area contributed by atoms with Gasteiger partial charge in [-0.05, 0) is 37.0 Å². The molecular formula is C15H19NO3. The number of benzene rings is 1. The Kier molecular flexibility index (Phi) is 4.20. The van der Waals surface area contributed by atoms with E-state index in [4.69, 9.17) is 5.11 Å². The lowest BCUT2D eigenvalue weighted by molar-refractivity contribution is -0.137. The van der Waals surface area contributed by atoms with E-state index in [1.807, 2.05) is 24.3 Å². The van der Waals surface area contributed by atoms with Crippen LogP contribution in [0.15, 0.2) is 24.3 Å². The van der Waals surface area contributed by atoms with Crippen LogP contribution in [0.1, 0.15) is 42.1 Å². The minimum atomic E-state index is -0.861. The molecule has 1 amide bonds. The number of carboxylic acids is 1. The molecule has 1 aliphatic carbocycles. The fraction of sp³-hybridized carbons (Fsp3) is 0.467. The number of hydrogen-bond donors (Lipinski definition) is 1. The number of aryl methyl sites for hydroxylation is 1. The van der Waals surface area contributed by atoms with Crippen molar-refractivity contribution in [1.82, 2.24) is 4.90 Å². The van der Waals surface area contributed by atoms with Crippen LogP contribution >= 0.6 is 0 Å². The van der Waals surface area contributed by atoms with Gasteiger partial charge in [0.2, 0.25) is 0 Å². The Morgan fingerprint density at radius 1 is 1.26 bits per heavy atom. The van der Waals surface area contributed by atoms with Crippen LogP contribution in [0.5, 0.6) is 0 Å². The van der Waals surface area contributed by atoms with E-state index >= 15 is 0 Å². The van der Waals surface area contributed by atoms with Gasteiger partial charge in [-0.1, -0.05) is 19.1 Å². The zero-order valence-corrected chi connectivity index (χ0v) is 11.1. The molecule has 4 heteroatoms. The second-order valence-electron chi connectivity index (χ2n) is 4.92. The molecule has 0 bridgehead atoms. The second-order valence-corrected chi connectivity index (χ2v) is 4.92. The van der Waals surface area contributed by atoms with Crippen LogP contribution < -0.4 is 0 Å². The Balaban J connectivity index is 2.07. The maximum atomic E-state index is 12.4. The third-order valence-corrected chi connectivity index (χ3v) is 3.42. The highest BCUT2D eigenvalue weighted by molar-refractivity contribution is 5.94. The van der Waals surface area contributed by atoms with Crippen molar-refractivity contribution in [2.24, 2.45) is 0 Å². The van der Waals surface area contributed by atoms with E-state index in [9.17, 15) is 9.59 Å². The Morgan fingerprint density at radius 2 is 1.89 bits per heavy atom. The van der Waals surface area contributed by atoms with E-state index in [0.29, 0.717) is 12.1 Å². The van der Waals surface area contributed by atoms with Gasteiger partial charge in [-0.2, -0.15) is 0 Å². The topological polar surface area (TPSA) is 57.6 Å². The van der Waals surface area contributed by atoms with Crippen LogP contribution in [0.4, 0.5) is 0 Å². The van der Waals surface area contributed by atoms with Gasteiger partial charge in [0, 0.05) is 18.2 Å². The molecule has 0 atom stereocenters. The summed E-state index contributed by atoms with van der Waals surface area (Å²) in [6.07, 6.45) is 2.92. The standard InChI is InChI=1S/C15H19NO3/c1-2-11-3-5-12(6-4-11)15(19)16(13-7-8-13)10-9-14(17)18/h3-6,13H,2,7-10H2,1H3,(H,17,18). The van der Waals surface area contributed by atoms with Gasteiger partial charge in [0.1, 0.15) is 0 Å². The number of hydrogen-bond acceptors (Lipinski definition) is 2. The fourth-order valence-corrected chi connectivity index (χ4v) is 2.10. The maximum Gasteiger partial charge on any atom is 0.305 e. The highest BCUT2D eigenvalue weighted by Crippen LogP contribution is 2.28. The molecule has 102 valence electrons. The summed E-state index contributed by atoms with van der Waals surface area (Å²) in [4.78, 5) is 24.7. The number of amides is 1. The van der Waals surface area contributed by atoms with E-state index in [1.54, 1.807) is 4.90 Å². The number of carbonyl (C=O) groups excluding carboxylic acids is 1. The molecule has 0 aliphatic heterocycles. The average molecular weight is 261 g/mol. The van der Waals surface area contributed by atoms with Crippen molar-refractivity contribution in [2.45, 2.75) is 38.6 Å². The summed E-state index contributed by atoms with van der Waals surface area (Å²) in [6, 6.07) is 7.80. The van der Waals surface area contributed by atoms with Crippen molar-refractivity contribution in [3.8, 4) is 0 Å². The Labute approximate surface area is 113 Å². The van der Waals surface area contributed by atoms with E-state index in [-0.39, 0.29) is 18.4 Å². The van der Waals surface area contributed by atoms with Crippen LogP contribution in [0.3, 0.4) is 0 Å². The van der Waals surface area contributed by atoms with Gasteiger partial charge in [0.15, 0.2) is 0 Å². The summed E-state index contributed by atoms with van der Waals surface area (Å²) in [5, 5.41) is 8.75. The molecular weight excluding hydrogens is 242 g/mol. The molecule has 0 aromatic heterocycles.